The molecule has 0 aromatic rings. The van der Waals surface area contributed by atoms with Crippen LogP contribution in [0.5, 0.6) is 0 Å². The van der Waals surface area contributed by atoms with E-state index >= 15 is 0 Å². The van der Waals surface area contributed by atoms with Crippen molar-refractivity contribution in [2.24, 2.45) is 17.2 Å². The van der Waals surface area contributed by atoms with Gasteiger partial charge in [-0.3, -0.25) is 14.4 Å². The third-order valence-electron chi connectivity index (χ3n) is 2.65. The van der Waals surface area contributed by atoms with Crippen LogP contribution >= 0.6 is 34.2 Å². The van der Waals surface area contributed by atoms with Crippen LogP contribution in [0.1, 0.15) is 19.3 Å². The largest absolute Gasteiger partial charge is 0.355 e. The van der Waals surface area contributed by atoms with Crippen molar-refractivity contribution >= 4 is 51.9 Å². The summed E-state index contributed by atoms with van der Waals surface area (Å²) in [5.41, 5.74) is 15.6. The fraction of sp³-hybridized carbons (Fsp3) is 0.800. The van der Waals surface area contributed by atoms with Gasteiger partial charge in [0.15, 0.2) is 0 Å². The Morgan fingerprint density at radius 1 is 0.667 bits per heavy atom. The van der Waals surface area contributed by atoms with Gasteiger partial charge < -0.3 is 33.2 Å². The van der Waals surface area contributed by atoms with Gasteiger partial charge in [0.05, 0.1) is 0 Å². The van der Waals surface area contributed by atoms with Gasteiger partial charge in [-0.05, 0) is 0 Å². The molecule has 9 nitrogen and oxygen atoms in total. The maximum atomic E-state index is 11.0. The van der Waals surface area contributed by atoms with E-state index in [-0.39, 0.29) is 17.7 Å². The number of nitrogens with one attached hydrogen (secondary N) is 3. The lowest BCUT2D eigenvalue weighted by molar-refractivity contribution is -0.121. The molecule has 12 heteroatoms. The minimum absolute atomic E-state index is 0.00264. The summed E-state index contributed by atoms with van der Waals surface area (Å²) in [4.78, 5) is 32.7. The van der Waals surface area contributed by atoms with Crippen LogP contribution in [0.15, 0.2) is 0 Å². The number of nitrogens with two attached hydrogens (primary N) is 3. The van der Waals surface area contributed by atoms with Gasteiger partial charge in [-0.1, -0.05) is 21.6 Å². The molecule has 160 valence electrons. The van der Waals surface area contributed by atoms with E-state index in [1.54, 1.807) is 21.6 Å². The fourth-order valence-corrected chi connectivity index (χ4v) is 3.36. The number of rotatable bonds is 15. The van der Waals surface area contributed by atoms with E-state index in [2.05, 4.69) is 28.6 Å². The third-order valence-corrected chi connectivity index (χ3v) is 5.28. The van der Waals surface area contributed by atoms with E-state index < -0.39 is 0 Å². The zero-order valence-electron chi connectivity index (χ0n) is 15.7. The van der Waals surface area contributed by atoms with E-state index in [0.29, 0.717) is 64.3 Å². The topological polar surface area (TPSA) is 165 Å². The zero-order valence-corrected chi connectivity index (χ0v) is 18.2. The van der Waals surface area contributed by atoms with Crippen molar-refractivity contribution in [3.63, 3.8) is 0 Å². The van der Waals surface area contributed by atoms with Crippen LogP contribution in [0.2, 0.25) is 0 Å². The molecule has 0 aliphatic rings. The van der Waals surface area contributed by atoms with Gasteiger partial charge in [-0.2, -0.15) is 12.6 Å². The number of amides is 3. The molecule has 0 heterocycles. The third kappa shape index (κ3) is 25.3. The summed E-state index contributed by atoms with van der Waals surface area (Å²) < 4.78 is 0. The monoisotopic (exact) mass is 442 g/mol. The van der Waals surface area contributed by atoms with Gasteiger partial charge in [0.2, 0.25) is 17.7 Å². The second-order valence-corrected chi connectivity index (χ2v) is 8.18. The van der Waals surface area contributed by atoms with Crippen molar-refractivity contribution in [3.05, 3.63) is 0 Å². The lowest BCUT2D eigenvalue weighted by atomic mass is 10.4. The molecular formula is C15H34N6O3S3. The van der Waals surface area contributed by atoms with Crippen LogP contribution in [0.3, 0.4) is 0 Å². The van der Waals surface area contributed by atoms with Crippen molar-refractivity contribution < 1.29 is 14.4 Å². The summed E-state index contributed by atoms with van der Waals surface area (Å²) in [5.74, 6) is 2.37. The molecule has 27 heavy (non-hydrogen) atoms. The van der Waals surface area contributed by atoms with Crippen molar-refractivity contribution in [1.29, 1.82) is 0 Å². The Morgan fingerprint density at radius 3 is 1.30 bits per heavy atom. The highest BCUT2D eigenvalue weighted by Gasteiger charge is 1.99. The van der Waals surface area contributed by atoms with Crippen LogP contribution in [0.4, 0.5) is 0 Å². The zero-order chi connectivity index (χ0) is 20.8. The van der Waals surface area contributed by atoms with Gasteiger partial charge in [0.25, 0.3) is 0 Å². The number of hydrogen-bond donors (Lipinski definition) is 7. The normalized spacial score (nSPS) is 9.78. The Morgan fingerprint density at radius 2 is 1.00 bits per heavy atom. The molecule has 0 aliphatic carbocycles. The number of carbonyl (C=O) groups is 3. The van der Waals surface area contributed by atoms with E-state index in [4.69, 9.17) is 17.2 Å². The molecule has 3 amide bonds. The lowest BCUT2D eigenvalue weighted by Crippen LogP contribution is -2.28. The molecule has 0 radical (unpaired) electrons. The molecule has 0 saturated heterocycles. The molecule has 0 fully saturated rings. The van der Waals surface area contributed by atoms with Crippen LogP contribution < -0.4 is 33.2 Å². The Kier molecular flexibility index (Phi) is 24.7. The maximum absolute atomic E-state index is 11.0. The van der Waals surface area contributed by atoms with Crippen molar-refractivity contribution in [2.75, 3.05) is 56.5 Å². The number of thiol groups is 1. The summed E-state index contributed by atoms with van der Waals surface area (Å²) in [6.07, 6.45) is 1.17. The molecule has 0 aromatic carbocycles. The highest BCUT2D eigenvalue weighted by molar-refractivity contribution is 8.76. The summed E-state index contributed by atoms with van der Waals surface area (Å²) >= 11 is 3.92. The molecule has 0 saturated carbocycles. The first kappa shape index (κ1) is 28.5. The predicted octanol–water partition coefficient (Wildman–Crippen LogP) is -1.32. The fourth-order valence-electron chi connectivity index (χ4n) is 1.44. The summed E-state index contributed by atoms with van der Waals surface area (Å²) in [6, 6.07) is 0. The minimum Gasteiger partial charge on any atom is -0.355 e. The van der Waals surface area contributed by atoms with E-state index in [9.17, 15) is 14.4 Å². The van der Waals surface area contributed by atoms with Gasteiger partial charge in [-0.15, -0.1) is 0 Å². The van der Waals surface area contributed by atoms with E-state index in [1.165, 1.54) is 0 Å². The Balaban J connectivity index is 0. The quantitative estimate of drug-likeness (QED) is 0.0931. The molecule has 9 N–H and O–H groups in total. The van der Waals surface area contributed by atoms with Crippen molar-refractivity contribution in [1.82, 2.24) is 16.0 Å². The second-order valence-electron chi connectivity index (χ2n) is 5.03. The molecular weight excluding hydrogens is 408 g/mol. The number of carbonyl (C=O) groups excluding carboxylic acids is 3. The highest BCUT2D eigenvalue weighted by Crippen LogP contribution is 2.19. The van der Waals surface area contributed by atoms with Gasteiger partial charge in [-0.25, -0.2) is 0 Å². The Labute approximate surface area is 175 Å². The molecule has 0 aliphatic heterocycles. The lowest BCUT2D eigenvalue weighted by Gasteiger charge is -2.05. The SMILES string of the molecule is NCCC(=O)NCCS.NCCC(=O)NCCSSCCNC(=O)CCN. The summed E-state index contributed by atoms with van der Waals surface area (Å²) in [7, 11) is 3.35. The predicted molar refractivity (Wildman–Crippen MR) is 119 cm³/mol. The first-order valence-corrected chi connectivity index (χ1v) is 11.9. The van der Waals surface area contributed by atoms with Crippen LogP contribution in [0.25, 0.3) is 0 Å². The van der Waals surface area contributed by atoms with E-state index in [1.807, 2.05) is 0 Å². The van der Waals surface area contributed by atoms with Crippen LogP contribution in [-0.4, -0.2) is 74.2 Å². The first-order chi connectivity index (χ1) is 13.0. The van der Waals surface area contributed by atoms with Crippen LogP contribution in [0, 0.1) is 0 Å². The molecule has 0 atom stereocenters. The van der Waals surface area contributed by atoms with Gasteiger partial charge >= 0.3 is 0 Å². The summed E-state index contributed by atoms with van der Waals surface area (Å²) in [5, 5.41) is 8.18. The van der Waals surface area contributed by atoms with E-state index in [0.717, 1.165) is 11.5 Å². The maximum Gasteiger partial charge on any atom is 0.221 e. The molecule has 0 aromatic heterocycles. The molecule has 0 rings (SSSR count). The minimum atomic E-state index is -0.00264. The average molecular weight is 443 g/mol. The second kappa shape index (κ2) is 23.4. The van der Waals surface area contributed by atoms with Crippen molar-refractivity contribution in [2.45, 2.75) is 19.3 Å². The Bertz CT molecular complexity index is 368. The number of hydrogen-bond acceptors (Lipinski definition) is 9. The van der Waals surface area contributed by atoms with Crippen LogP contribution in [-0.2, 0) is 14.4 Å². The standard InChI is InChI=1S/C10H22N4O2S2.C5H12N2OS/c11-3-1-9(15)13-5-7-17-18-8-6-14-10(16)2-4-12;6-2-1-5(8)7-3-4-9/h1-8,11-12H2,(H,13,15)(H,14,16);9H,1-4,6H2,(H,7,8). The smallest absolute Gasteiger partial charge is 0.221 e. The van der Waals surface area contributed by atoms with Gasteiger partial charge in [0, 0.05) is 75.8 Å². The van der Waals surface area contributed by atoms with Crippen molar-refractivity contribution in [3.8, 4) is 0 Å². The summed E-state index contributed by atoms with van der Waals surface area (Å²) in [6.45, 7) is 3.11. The average Bonchev–Trinajstić information content (AvgIpc) is 2.63. The first-order valence-electron chi connectivity index (χ1n) is 8.77. The molecule has 0 unspecified atom stereocenters. The highest BCUT2D eigenvalue weighted by atomic mass is 33.1. The Hall–Kier alpha value is -0.660. The molecule has 0 bridgehead atoms. The molecule has 0 spiro atoms. The van der Waals surface area contributed by atoms with Gasteiger partial charge in [0.1, 0.15) is 0 Å².